The zero-order valence-corrected chi connectivity index (χ0v) is 10.6. The molecule has 0 spiro atoms. The summed E-state index contributed by atoms with van der Waals surface area (Å²) in [4.78, 5) is 12.8. The molecule has 0 atom stereocenters. The summed E-state index contributed by atoms with van der Waals surface area (Å²) >= 11 is 1.63. The van der Waals surface area contributed by atoms with Crippen molar-refractivity contribution in [2.45, 2.75) is 37.8 Å². The van der Waals surface area contributed by atoms with Gasteiger partial charge in [-0.1, -0.05) is 6.07 Å². The molecule has 3 N–H and O–H groups in total. The third-order valence-electron chi connectivity index (χ3n) is 3.06. The topological polar surface area (TPSA) is 55.1 Å². The number of rotatable bonds is 3. The maximum Gasteiger partial charge on any atom is 0.244 e. The van der Waals surface area contributed by atoms with Gasteiger partial charge >= 0.3 is 0 Å². The van der Waals surface area contributed by atoms with Crippen LogP contribution in [0.25, 0.3) is 6.08 Å². The van der Waals surface area contributed by atoms with Crippen molar-refractivity contribution in [2.75, 3.05) is 0 Å². The van der Waals surface area contributed by atoms with Crippen molar-refractivity contribution in [1.82, 2.24) is 5.32 Å². The van der Waals surface area contributed by atoms with Crippen molar-refractivity contribution >= 4 is 23.3 Å². The van der Waals surface area contributed by atoms with Crippen LogP contribution < -0.4 is 11.1 Å². The molecule has 1 aliphatic rings. The van der Waals surface area contributed by atoms with E-state index in [1.54, 1.807) is 17.4 Å². The van der Waals surface area contributed by atoms with Crippen molar-refractivity contribution in [3.63, 3.8) is 0 Å². The molecule has 2 rings (SSSR count). The van der Waals surface area contributed by atoms with Gasteiger partial charge in [-0.2, -0.15) is 0 Å². The highest BCUT2D eigenvalue weighted by Gasteiger charge is 2.18. The molecule has 17 heavy (non-hydrogen) atoms. The summed E-state index contributed by atoms with van der Waals surface area (Å²) in [5, 5.41) is 5.03. The molecule has 92 valence electrons. The fourth-order valence-electron chi connectivity index (χ4n) is 2.06. The Bertz CT molecular complexity index is 378. The quantitative estimate of drug-likeness (QED) is 0.808. The fraction of sp³-hybridized carbons (Fsp3) is 0.462. The van der Waals surface area contributed by atoms with Crippen LogP contribution in [0.1, 0.15) is 30.6 Å². The van der Waals surface area contributed by atoms with Crippen LogP contribution in [0.2, 0.25) is 0 Å². The summed E-state index contributed by atoms with van der Waals surface area (Å²) < 4.78 is 0. The molecular formula is C13H18N2OS. The third-order valence-corrected chi connectivity index (χ3v) is 3.90. The van der Waals surface area contributed by atoms with Crippen LogP contribution in [-0.2, 0) is 4.79 Å². The zero-order valence-electron chi connectivity index (χ0n) is 9.76. The van der Waals surface area contributed by atoms with E-state index in [1.165, 1.54) is 0 Å². The molecule has 1 heterocycles. The molecule has 1 saturated carbocycles. The fourth-order valence-corrected chi connectivity index (χ4v) is 2.67. The number of hydrogen-bond donors (Lipinski definition) is 2. The molecule has 1 amide bonds. The second-order valence-corrected chi connectivity index (χ2v) is 5.45. The lowest BCUT2D eigenvalue weighted by molar-refractivity contribution is -0.117. The van der Waals surface area contributed by atoms with Crippen LogP contribution in [0.4, 0.5) is 0 Å². The third kappa shape index (κ3) is 3.98. The second kappa shape index (κ2) is 5.98. The monoisotopic (exact) mass is 250 g/mol. The lowest BCUT2D eigenvalue weighted by Crippen LogP contribution is -2.39. The molecule has 0 aromatic carbocycles. The van der Waals surface area contributed by atoms with Crippen LogP contribution in [0.5, 0.6) is 0 Å². The molecule has 0 unspecified atom stereocenters. The van der Waals surface area contributed by atoms with Gasteiger partial charge in [0, 0.05) is 23.0 Å². The predicted molar refractivity (Wildman–Crippen MR) is 71.7 cm³/mol. The van der Waals surface area contributed by atoms with Crippen molar-refractivity contribution < 1.29 is 4.79 Å². The minimum absolute atomic E-state index is 0.00104. The van der Waals surface area contributed by atoms with Crippen molar-refractivity contribution in [3.05, 3.63) is 28.5 Å². The largest absolute Gasteiger partial charge is 0.350 e. The van der Waals surface area contributed by atoms with E-state index < -0.39 is 0 Å². The van der Waals surface area contributed by atoms with Gasteiger partial charge in [-0.25, -0.2) is 0 Å². The Hall–Kier alpha value is -1.13. The predicted octanol–water partition coefficient (Wildman–Crippen LogP) is 2.15. The van der Waals surface area contributed by atoms with E-state index in [0.29, 0.717) is 12.1 Å². The Morgan fingerprint density at radius 2 is 2.18 bits per heavy atom. The van der Waals surface area contributed by atoms with Gasteiger partial charge in [0.2, 0.25) is 5.91 Å². The highest BCUT2D eigenvalue weighted by molar-refractivity contribution is 7.10. The van der Waals surface area contributed by atoms with Gasteiger partial charge in [0.05, 0.1) is 0 Å². The van der Waals surface area contributed by atoms with Gasteiger partial charge in [-0.3, -0.25) is 4.79 Å². The molecule has 1 aliphatic carbocycles. The molecule has 3 nitrogen and oxygen atoms in total. The average molecular weight is 250 g/mol. The maximum absolute atomic E-state index is 11.7. The van der Waals surface area contributed by atoms with Crippen LogP contribution in [0, 0.1) is 0 Å². The molecule has 4 heteroatoms. The lowest BCUT2D eigenvalue weighted by atomic mass is 9.92. The number of thiophene rings is 1. The molecule has 0 saturated heterocycles. The van der Waals surface area contributed by atoms with E-state index in [4.69, 9.17) is 5.73 Å². The van der Waals surface area contributed by atoms with Gasteiger partial charge in [0.15, 0.2) is 0 Å². The first-order valence-electron chi connectivity index (χ1n) is 6.01. The Balaban J connectivity index is 1.77. The van der Waals surface area contributed by atoms with Crippen molar-refractivity contribution in [1.29, 1.82) is 0 Å². The number of carbonyl (C=O) groups excluding carboxylic acids is 1. The first kappa shape index (κ1) is 12.3. The highest BCUT2D eigenvalue weighted by atomic mass is 32.1. The van der Waals surface area contributed by atoms with Gasteiger partial charge in [0.25, 0.3) is 0 Å². The summed E-state index contributed by atoms with van der Waals surface area (Å²) in [5.41, 5.74) is 5.83. The lowest BCUT2D eigenvalue weighted by Gasteiger charge is -2.26. The van der Waals surface area contributed by atoms with Gasteiger partial charge < -0.3 is 11.1 Å². The minimum Gasteiger partial charge on any atom is -0.350 e. The summed E-state index contributed by atoms with van der Waals surface area (Å²) in [6.45, 7) is 0. The maximum atomic E-state index is 11.7. The highest BCUT2D eigenvalue weighted by Crippen LogP contribution is 2.17. The summed E-state index contributed by atoms with van der Waals surface area (Å²) in [7, 11) is 0. The smallest absolute Gasteiger partial charge is 0.244 e. The SMILES string of the molecule is NC1CCC(NC(=O)/C=C/c2cccs2)CC1. The average Bonchev–Trinajstić information content (AvgIpc) is 2.83. The molecule has 1 aromatic rings. The van der Waals surface area contributed by atoms with Crippen LogP contribution in [0.15, 0.2) is 23.6 Å². The van der Waals surface area contributed by atoms with Crippen LogP contribution >= 0.6 is 11.3 Å². The molecule has 0 aliphatic heterocycles. The number of carbonyl (C=O) groups is 1. The van der Waals surface area contributed by atoms with Crippen LogP contribution in [0.3, 0.4) is 0 Å². The normalized spacial score (nSPS) is 25.0. The molecule has 0 radical (unpaired) electrons. The summed E-state index contributed by atoms with van der Waals surface area (Å²) in [6, 6.07) is 4.60. The molecular weight excluding hydrogens is 232 g/mol. The number of hydrogen-bond acceptors (Lipinski definition) is 3. The van der Waals surface area contributed by atoms with Gasteiger partial charge in [-0.05, 0) is 43.2 Å². The first-order valence-corrected chi connectivity index (χ1v) is 6.89. The van der Waals surface area contributed by atoms with E-state index in [9.17, 15) is 4.79 Å². The summed E-state index contributed by atoms with van der Waals surface area (Å²) in [6.07, 6.45) is 7.49. The second-order valence-electron chi connectivity index (χ2n) is 4.47. The molecule has 1 aromatic heterocycles. The van der Waals surface area contributed by atoms with Gasteiger partial charge in [-0.15, -0.1) is 11.3 Å². The van der Waals surface area contributed by atoms with Crippen LogP contribution in [-0.4, -0.2) is 18.0 Å². The van der Waals surface area contributed by atoms with E-state index in [0.717, 1.165) is 30.6 Å². The zero-order chi connectivity index (χ0) is 12.1. The van der Waals surface area contributed by atoms with E-state index in [1.807, 2.05) is 23.6 Å². The number of nitrogens with two attached hydrogens (primary N) is 1. The van der Waals surface area contributed by atoms with Gasteiger partial charge in [0.1, 0.15) is 0 Å². The molecule has 1 fully saturated rings. The first-order chi connectivity index (χ1) is 8.24. The summed E-state index contributed by atoms with van der Waals surface area (Å²) in [5.74, 6) is -0.00104. The molecule has 0 bridgehead atoms. The Morgan fingerprint density at radius 3 is 2.82 bits per heavy atom. The Kier molecular flexibility index (Phi) is 4.34. The minimum atomic E-state index is -0.00104. The van der Waals surface area contributed by atoms with E-state index in [2.05, 4.69) is 5.32 Å². The van der Waals surface area contributed by atoms with E-state index >= 15 is 0 Å². The standard InChI is InChI=1S/C13H18N2OS/c14-10-3-5-11(6-4-10)15-13(16)8-7-12-2-1-9-17-12/h1-2,7-11H,3-6,14H2,(H,15,16)/b8-7+. The Labute approximate surface area is 106 Å². The van der Waals surface area contributed by atoms with Crippen molar-refractivity contribution in [3.8, 4) is 0 Å². The Morgan fingerprint density at radius 1 is 1.41 bits per heavy atom. The van der Waals surface area contributed by atoms with Crippen molar-refractivity contribution in [2.24, 2.45) is 5.73 Å². The number of amides is 1. The van der Waals surface area contributed by atoms with E-state index in [-0.39, 0.29) is 5.91 Å². The number of nitrogens with one attached hydrogen (secondary N) is 1.